The number of hydrogen-bond donors (Lipinski definition) is 1. The van der Waals surface area contributed by atoms with E-state index in [0.717, 1.165) is 11.1 Å². The average molecular weight is 380 g/mol. The Kier molecular flexibility index (Phi) is 6.79. The molecule has 0 aliphatic heterocycles. The molecule has 0 saturated carbocycles. The molecule has 0 spiro atoms. The Bertz CT molecular complexity index is 804. The van der Waals surface area contributed by atoms with Gasteiger partial charge in [-0.05, 0) is 31.0 Å². The van der Waals surface area contributed by atoms with Crippen LogP contribution in [0.1, 0.15) is 23.7 Å². The van der Waals surface area contributed by atoms with Gasteiger partial charge in [0.2, 0.25) is 10.0 Å². The topological polar surface area (TPSA) is 57.6 Å². The predicted molar refractivity (Wildman–Crippen MR) is 101 cm³/mol. The zero-order valence-electron chi connectivity index (χ0n) is 14.1. The van der Waals surface area contributed by atoms with Crippen LogP contribution in [0.2, 0.25) is 0 Å². The van der Waals surface area contributed by atoms with Gasteiger partial charge in [0.05, 0.1) is 11.0 Å². The number of rotatable bonds is 8. The lowest BCUT2D eigenvalue weighted by molar-refractivity contribution is 0.159. The molecule has 4 nitrogen and oxygen atoms in total. The Morgan fingerprint density at radius 3 is 2.32 bits per heavy atom. The summed E-state index contributed by atoms with van der Waals surface area (Å²) in [5.74, 6) is 0. The van der Waals surface area contributed by atoms with E-state index in [9.17, 15) is 13.5 Å². The second-order valence-corrected chi connectivity index (χ2v) is 8.36. The molecule has 1 atom stereocenters. The summed E-state index contributed by atoms with van der Waals surface area (Å²) in [5, 5.41) is 10.5. The van der Waals surface area contributed by atoms with E-state index >= 15 is 0 Å². The first-order valence-electron chi connectivity index (χ1n) is 7.94. The molecular formula is C19H22ClNO3S. The first kappa shape index (κ1) is 19.7. The molecule has 0 saturated heterocycles. The summed E-state index contributed by atoms with van der Waals surface area (Å²) in [4.78, 5) is 0.199. The molecule has 0 amide bonds. The number of aliphatic hydroxyl groups is 1. The quantitative estimate of drug-likeness (QED) is 0.757. The molecule has 0 aliphatic rings. The van der Waals surface area contributed by atoms with Crippen molar-refractivity contribution in [2.45, 2.75) is 24.3 Å². The zero-order chi connectivity index (χ0) is 18.4. The molecule has 0 unspecified atom stereocenters. The van der Waals surface area contributed by atoms with Gasteiger partial charge in [-0.2, -0.15) is 4.31 Å². The van der Waals surface area contributed by atoms with Gasteiger partial charge in [-0.25, -0.2) is 8.42 Å². The van der Waals surface area contributed by atoms with Crippen LogP contribution in [0.4, 0.5) is 0 Å². The highest BCUT2D eigenvalue weighted by Crippen LogP contribution is 2.22. The van der Waals surface area contributed by atoms with Crippen molar-refractivity contribution < 1.29 is 13.5 Å². The van der Waals surface area contributed by atoms with Crippen molar-refractivity contribution in [2.75, 3.05) is 13.1 Å². The smallest absolute Gasteiger partial charge is 0.243 e. The number of aliphatic hydroxyl groups excluding tert-OH is 1. The number of aryl methyl sites for hydroxylation is 1. The standard InChI is InChI=1S/C19H22ClNO3S/c1-15-8-10-18(11-9-15)25(23,24)21(14-16(2)20)13-12-19(22)17-6-4-3-5-7-17/h3-11,19,22H,2,12-14H2,1H3/t19-/m1/s1. The third-order valence-corrected chi connectivity index (χ3v) is 5.82. The third kappa shape index (κ3) is 5.41. The molecular weight excluding hydrogens is 358 g/mol. The van der Waals surface area contributed by atoms with Crippen LogP contribution in [-0.2, 0) is 10.0 Å². The number of sulfonamides is 1. The van der Waals surface area contributed by atoms with E-state index < -0.39 is 16.1 Å². The van der Waals surface area contributed by atoms with E-state index in [2.05, 4.69) is 6.58 Å². The van der Waals surface area contributed by atoms with Crippen molar-refractivity contribution >= 4 is 21.6 Å². The zero-order valence-corrected chi connectivity index (χ0v) is 15.7. The first-order valence-corrected chi connectivity index (χ1v) is 9.75. The lowest BCUT2D eigenvalue weighted by Gasteiger charge is -2.23. The van der Waals surface area contributed by atoms with Gasteiger partial charge < -0.3 is 5.11 Å². The second kappa shape index (κ2) is 8.63. The number of nitrogens with zero attached hydrogens (tertiary/aromatic N) is 1. The fraction of sp³-hybridized carbons (Fsp3) is 0.263. The van der Waals surface area contributed by atoms with Crippen LogP contribution in [-0.4, -0.2) is 30.9 Å². The van der Waals surface area contributed by atoms with Gasteiger partial charge in [0.15, 0.2) is 0 Å². The van der Waals surface area contributed by atoms with Gasteiger partial charge in [-0.3, -0.25) is 0 Å². The predicted octanol–water partition coefficient (Wildman–Crippen LogP) is 3.86. The number of benzene rings is 2. The molecule has 6 heteroatoms. The monoisotopic (exact) mass is 379 g/mol. The largest absolute Gasteiger partial charge is 0.388 e. The van der Waals surface area contributed by atoms with Gasteiger partial charge in [0, 0.05) is 18.1 Å². The van der Waals surface area contributed by atoms with Crippen LogP contribution >= 0.6 is 11.6 Å². The minimum Gasteiger partial charge on any atom is -0.388 e. The fourth-order valence-corrected chi connectivity index (χ4v) is 4.11. The van der Waals surface area contributed by atoms with Gasteiger partial charge in [-0.15, -0.1) is 0 Å². The molecule has 0 radical (unpaired) electrons. The molecule has 0 aliphatic carbocycles. The van der Waals surface area contributed by atoms with Crippen LogP contribution in [0, 0.1) is 6.92 Å². The van der Waals surface area contributed by atoms with Crippen LogP contribution in [0.5, 0.6) is 0 Å². The second-order valence-electron chi connectivity index (χ2n) is 5.88. The van der Waals surface area contributed by atoms with E-state index in [1.807, 2.05) is 37.3 Å². The van der Waals surface area contributed by atoms with Crippen molar-refractivity contribution in [3.63, 3.8) is 0 Å². The van der Waals surface area contributed by atoms with Gasteiger partial charge >= 0.3 is 0 Å². The maximum absolute atomic E-state index is 12.9. The van der Waals surface area contributed by atoms with E-state index in [1.165, 1.54) is 4.31 Å². The van der Waals surface area contributed by atoms with Crippen LogP contribution in [0.25, 0.3) is 0 Å². The first-order chi connectivity index (χ1) is 11.8. The lowest BCUT2D eigenvalue weighted by Crippen LogP contribution is -2.33. The minimum absolute atomic E-state index is 0.000719. The highest BCUT2D eigenvalue weighted by atomic mass is 35.5. The Balaban J connectivity index is 2.18. The normalized spacial score (nSPS) is 13.0. The Morgan fingerprint density at radius 1 is 1.16 bits per heavy atom. The molecule has 2 aromatic carbocycles. The molecule has 0 fully saturated rings. The van der Waals surface area contributed by atoms with Crippen molar-refractivity contribution in [2.24, 2.45) is 0 Å². The summed E-state index contributed by atoms with van der Waals surface area (Å²) in [5.41, 5.74) is 1.73. The molecule has 134 valence electrons. The third-order valence-electron chi connectivity index (χ3n) is 3.84. The molecule has 2 rings (SSSR count). The summed E-state index contributed by atoms with van der Waals surface area (Å²) in [7, 11) is -3.71. The van der Waals surface area contributed by atoms with Crippen LogP contribution in [0.3, 0.4) is 0 Å². The molecule has 25 heavy (non-hydrogen) atoms. The fourth-order valence-electron chi connectivity index (χ4n) is 2.44. The Labute approximate surface area is 154 Å². The van der Waals surface area contributed by atoms with Gasteiger partial charge in [0.1, 0.15) is 0 Å². The molecule has 0 bridgehead atoms. The van der Waals surface area contributed by atoms with E-state index in [0.29, 0.717) is 0 Å². The van der Waals surface area contributed by atoms with Crippen LogP contribution in [0.15, 0.2) is 71.1 Å². The van der Waals surface area contributed by atoms with E-state index in [1.54, 1.807) is 24.3 Å². The summed E-state index contributed by atoms with van der Waals surface area (Å²) in [6.07, 6.45) is -0.486. The maximum atomic E-state index is 12.9. The average Bonchev–Trinajstić information content (AvgIpc) is 2.59. The minimum atomic E-state index is -3.71. The van der Waals surface area contributed by atoms with Crippen LogP contribution < -0.4 is 0 Å². The van der Waals surface area contributed by atoms with Crippen molar-refractivity contribution in [1.29, 1.82) is 0 Å². The molecule has 0 aromatic heterocycles. The molecule has 0 heterocycles. The van der Waals surface area contributed by atoms with Crippen molar-refractivity contribution in [1.82, 2.24) is 4.31 Å². The summed E-state index contributed by atoms with van der Waals surface area (Å²) < 4.78 is 27.0. The Hall–Kier alpha value is -1.66. The number of hydrogen-bond acceptors (Lipinski definition) is 3. The van der Waals surface area contributed by atoms with Gasteiger partial charge in [-0.1, -0.05) is 66.2 Å². The van der Waals surface area contributed by atoms with Gasteiger partial charge in [0.25, 0.3) is 0 Å². The highest BCUT2D eigenvalue weighted by Gasteiger charge is 2.25. The Morgan fingerprint density at radius 2 is 1.76 bits per heavy atom. The summed E-state index contributed by atoms with van der Waals surface area (Å²) in [6.45, 7) is 5.63. The highest BCUT2D eigenvalue weighted by molar-refractivity contribution is 7.89. The maximum Gasteiger partial charge on any atom is 0.243 e. The number of halogens is 1. The molecule has 2 aromatic rings. The SMILES string of the molecule is C=C(Cl)CN(CC[C@@H](O)c1ccccc1)S(=O)(=O)c1ccc(C)cc1. The summed E-state index contributed by atoms with van der Waals surface area (Å²) in [6, 6.07) is 15.8. The van der Waals surface area contributed by atoms with E-state index in [4.69, 9.17) is 11.6 Å². The van der Waals surface area contributed by atoms with Crippen molar-refractivity contribution in [3.05, 3.63) is 77.3 Å². The van der Waals surface area contributed by atoms with E-state index in [-0.39, 0.29) is 29.4 Å². The lowest BCUT2D eigenvalue weighted by atomic mass is 10.1. The van der Waals surface area contributed by atoms with Crippen molar-refractivity contribution in [3.8, 4) is 0 Å². The summed E-state index contributed by atoms with van der Waals surface area (Å²) >= 11 is 5.86. The molecule has 1 N–H and O–H groups in total.